The number of nitriles is 1. The lowest BCUT2D eigenvalue weighted by atomic mass is 9.92. The number of aliphatic hydroxyl groups excluding tert-OH is 1. The van der Waals surface area contributed by atoms with E-state index >= 15 is 0 Å². The molecular weight excluding hydrogens is 544 g/mol. The molecule has 1 atom stereocenters. The fourth-order valence-corrected chi connectivity index (χ4v) is 4.14. The number of H-pyrrole nitrogens is 1. The minimum atomic E-state index is -0.829. The second-order valence-electron chi connectivity index (χ2n) is 7.58. The third kappa shape index (κ3) is 6.30. The molecule has 0 saturated carbocycles. The van der Waals surface area contributed by atoms with Crippen molar-refractivity contribution in [2.75, 3.05) is 6.61 Å². The van der Waals surface area contributed by atoms with Gasteiger partial charge in [-0.25, -0.2) is 18.7 Å². The number of halogens is 3. The molecule has 15 heteroatoms. The number of imidazole rings is 1. The van der Waals surface area contributed by atoms with Crippen LogP contribution in [0.15, 0.2) is 58.4 Å². The van der Waals surface area contributed by atoms with E-state index in [2.05, 4.69) is 21.1 Å². The van der Waals surface area contributed by atoms with Crippen LogP contribution in [0.5, 0.6) is 0 Å². The quantitative estimate of drug-likeness (QED) is 0.266. The maximum atomic E-state index is 13.1. The van der Waals surface area contributed by atoms with Crippen molar-refractivity contribution in [3.63, 3.8) is 0 Å². The summed E-state index contributed by atoms with van der Waals surface area (Å²) in [7, 11) is 0. The molecule has 12 nitrogen and oxygen atoms in total. The van der Waals surface area contributed by atoms with Gasteiger partial charge in [0.05, 0.1) is 24.3 Å². The molecule has 4 aromatic rings. The van der Waals surface area contributed by atoms with Crippen LogP contribution in [0.2, 0.25) is 10.0 Å². The molecule has 0 amide bonds. The van der Waals surface area contributed by atoms with Crippen molar-refractivity contribution in [2.24, 2.45) is 0 Å². The summed E-state index contributed by atoms with van der Waals surface area (Å²) in [5.41, 5.74) is -0.331. The molecule has 0 fully saturated rings. The van der Waals surface area contributed by atoms with Gasteiger partial charge in [0.25, 0.3) is 5.56 Å². The molecule has 2 aromatic carbocycles. The van der Waals surface area contributed by atoms with Crippen molar-refractivity contribution in [3.8, 4) is 11.8 Å². The van der Waals surface area contributed by atoms with Crippen LogP contribution in [0.3, 0.4) is 0 Å². The minimum absolute atomic E-state index is 0.0819. The number of nitro groups is 1. The second kappa shape index (κ2) is 12.2. The fraction of sp³-hybridized carbons (Fsp3) is 0.174. The number of aryl methyl sites for hydroxylation is 1. The SMILES string of the molecule is Cc1ncc([N+](=O)[O-])n1CCO.N#CC(c1ccc(F)cc1)c1c(Cl)cc(-n2ncc(=O)[nH]c2=O)cc1Cl. The maximum absolute atomic E-state index is 13.1. The van der Waals surface area contributed by atoms with E-state index in [4.69, 9.17) is 28.3 Å². The summed E-state index contributed by atoms with van der Waals surface area (Å²) in [6.45, 7) is 1.74. The number of benzene rings is 2. The van der Waals surface area contributed by atoms with E-state index in [0.717, 1.165) is 10.9 Å². The van der Waals surface area contributed by atoms with Crippen LogP contribution in [0.25, 0.3) is 5.69 Å². The number of aliphatic hydroxyl groups is 1. The Hall–Kier alpha value is -4.38. The third-order valence-electron chi connectivity index (χ3n) is 5.19. The molecular formula is C23H18Cl2FN7O5. The summed E-state index contributed by atoms with van der Waals surface area (Å²) >= 11 is 12.6. The van der Waals surface area contributed by atoms with Gasteiger partial charge in [0.2, 0.25) is 0 Å². The molecule has 2 aromatic heterocycles. The summed E-state index contributed by atoms with van der Waals surface area (Å²) in [6, 6.07) is 10.3. The van der Waals surface area contributed by atoms with Crippen molar-refractivity contribution in [1.29, 1.82) is 5.26 Å². The molecule has 0 spiro atoms. The molecule has 196 valence electrons. The van der Waals surface area contributed by atoms with E-state index in [1.807, 2.05) is 0 Å². The van der Waals surface area contributed by atoms with Gasteiger partial charge in [-0.3, -0.25) is 9.78 Å². The van der Waals surface area contributed by atoms with Crippen molar-refractivity contribution in [1.82, 2.24) is 24.3 Å². The number of hydrogen-bond acceptors (Lipinski definition) is 8. The van der Waals surface area contributed by atoms with Crippen LogP contribution in [-0.2, 0) is 6.54 Å². The molecule has 2 N–H and O–H groups in total. The van der Waals surface area contributed by atoms with Crippen LogP contribution >= 0.6 is 23.2 Å². The predicted molar refractivity (Wildman–Crippen MR) is 135 cm³/mol. The van der Waals surface area contributed by atoms with E-state index in [1.54, 1.807) is 6.92 Å². The topological polar surface area (TPSA) is 173 Å². The Morgan fingerprint density at radius 3 is 2.37 bits per heavy atom. The first-order valence-corrected chi connectivity index (χ1v) is 11.4. The zero-order valence-electron chi connectivity index (χ0n) is 19.5. The first kappa shape index (κ1) is 28.2. The highest BCUT2D eigenvalue weighted by Crippen LogP contribution is 2.37. The van der Waals surface area contributed by atoms with Gasteiger partial charge in [-0.1, -0.05) is 35.3 Å². The normalized spacial score (nSPS) is 11.3. The Kier molecular flexibility index (Phi) is 9.08. The molecule has 1 unspecified atom stereocenters. The van der Waals surface area contributed by atoms with Crippen LogP contribution < -0.4 is 11.2 Å². The molecule has 0 aliphatic heterocycles. The number of nitrogens with zero attached hydrogens (tertiary/aromatic N) is 6. The van der Waals surface area contributed by atoms with E-state index in [9.17, 15) is 29.4 Å². The van der Waals surface area contributed by atoms with Crippen molar-refractivity contribution in [2.45, 2.75) is 19.4 Å². The van der Waals surface area contributed by atoms with Gasteiger partial charge in [0, 0.05) is 22.5 Å². The number of hydrogen-bond donors (Lipinski definition) is 2. The molecule has 0 bridgehead atoms. The number of aromatic amines is 1. The lowest BCUT2D eigenvalue weighted by molar-refractivity contribution is -0.392. The Bertz CT molecular complexity index is 1600. The number of nitrogens with one attached hydrogen (secondary N) is 1. The van der Waals surface area contributed by atoms with Crippen molar-refractivity contribution in [3.05, 3.63) is 113 Å². The lowest BCUT2D eigenvalue weighted by Gasteiger charge is -2.15. The van der Waals surface area contributed by atoms with E-state index in [-0.39, 0.29) is 34.7 Å². The van der Waals surface area contributed by atoms with Crippen LogP contribution in [0.4, 0.5) is 10.2 Å². The molecule has 0 saturated heterocycles. The van der Waals surface area contributed by atoms with Crippen LogP contribution in [0.1, 0.15) is 22.9 Å². The number of rotatable bonds is 6. The minimum Gasteiger partial charge on any atom is -0.392 e. The average molecular weight is 562 g/mol. The Balaban J connectivity index is 0.000000279. The van der Waals surface area contributed by atoms with Gasteiger partial charge >= 0.3 is 11.5 Å². The highest BCUT2D eigenvalue weighted by Gasteiger charge is 2.22. The highest BCUT2D eigenvalue weighted by molar-refractivity contribution is 6.36. The van der Waals surface area contributed by atoms with Gasteiger partial charge in [-0.15, -0.1) is 0 Å². The predicted octanol–water partition coefficient (Wildman–Crippen LogP) is 3.11. The molecule has 0 aliphatic carbocycles. The van der Waals surface area contributed by atoms with Crippen LogP contribution in [0, 0.1) is 34.2 Å². The molecule has 2 heterocycles. The van der Waals surface area contributed by atoms with E-state index in [1.165, 1.54) is 47.2 Å². The summed E-state index contributed by atoms with van der Waals surface area (Å²) in [4.78, 5) is 38.7. The van der Waals surface area contributed by atoms with Gasteiger partial charge < -0.3 is 15.2 Å². The smallest absolute Gasteiger partial charge is 0.349 e. The summed E-state index contributed by atoms with van der Waals surface area (Å²) in [5, 5.41) is 32.5. The lowest BCUT2D eigenvalue weighted by Crippen LogP contribution is -2.30. The van der Waals surface area contributed by atoms with Gasteiger partial charge in [-0.05, 0) is 34.8 Å². The Labute approximate surface area is 223 Å². The zero-order valence-corrected chi connectivity index (χ0v) is 21.0. The average Bonchev–Trinajstić information content (AvgIpc) is 3.23. The summed E-state index contributed by atoms with van der Waals surface area (Å²) in [5.74, 6) is -0.802. The van der Waals surface area contributed by atoms with Gasteiger partial charge in [0.15, 0.2) is 5.82 Å². The third-order valence-corrected chi connectivity index (χ3v) is 5.81. The molecule has 38 heavy (non-hydrogen) atoms. The Morgan fingerprint density at radius 1 is 1.21 bits per heavy atom. The summed E-state index contributed by atoms with van der Waals surface area (Å²) < 4.78 is 15.4. The van der Waals surface area contributed by atoms with E-state index < -0.39 is 27.9 Å². The second-order valence-corrected chi connectivity index (χ2v) is 8.40. The standard InChI is InChI=1S/C17H9Cl2FN4O2.C6H9N3O3/c18-13-5-11(24-17(26)23-15(25)8-22-24)6-14(19)16(13)12(7-21)9-1-3-10(20)4-2-9;1-5-7-4-6(9(11)12)8(5)2-3-10/h1-6,8,12H,(H,23,25,26);4,10H,2-3H2,1H3. The molecule has 0 radical (unpaired) electrons. The van der Waals surface area contributed by atoms with E-state index in [0.29, 0.717) is 17.0 Å². The molecule has 0 aliphatic rings. The fourth-order valence-electron chi connectivity index (χ4n) is 3.45. The largest absolute Gasteiger partial charge is 0.392 e. The maximum Gasteiger partial charge on any atom is 0.349 e. The Morgan fingerprint density at radius 2 is 1.84 bits per heavy atom. The van der Waals surface area contributed by atoms with Gasteiger partial charge in [0.1, 0.15) is 24.8 Å². The highest BCUT2D eigenvalue weighted by atomic mass is 35.5. The first-order valence-electron chi connectivity index (χ1n) is 10.7. The van der Waals surface area contributed by atoms with Crippen molar-refractivity contribution >= 4 is 29.0 Å². The molecule has 4 rings (SSSR count). The van der Waals surface area contributed by atoms with Crippen molar-refractivity contribution < 1.29 is 14.4 Å². The first-order chi connectivity index (χ1) is 18.1. The number of aromatic nitrogens is 5. The summed E-state index contributed by atoms with van der Waals surface area (Å²) in [6.07, 6.45) is 2.12. The zero-order chi connectivity index (χ0) is 28.0. The monoisotopic (exact) mass is 561 g/mol. The van der Waals surface area contributed by atoms with Gasteiger partial charge in [-0.2, -0.15) is 15.0 Å². The van der Waals surface area contributed by atoms with Crippen LogP contribution in [-0.4, -0.2) is 41.0 Å².